The second-order valence-electron chi connectivity index (χ2n) is 4.21. The van der Waals surface area contributed by atoms with E-state index in [1.165, 1.54) is 18.2 Å². The molecule has 0 saturated carbocycles. The van der Waals surface area contributed by atoms with Gasteiger partial charge < -0.3 is 5.32 Å². The van der Waals surface area contributed by atoms with Crippen LogP contribution in [0.2, 0.25) is 10.0 Å². The largest absolute Gasteiger partial charge is 0.351 e. The predicted molar refractivity (Wildman–Crippen MR) is 88.3 cm³/mol. The minimum Gasteiger partial charge on any atom is -0.351 e. The van der Waals surface area contributed by atoms with Crippen molar-refractivity contribution < 1.29 is 13.2 Å². The number of halogens is 2. The van der Waals surface area contributed by atoms with Crippen LogP contribution in [0.3, 0.4) is 0 Å². The Hall–Kier alpha value is -1.12. The highest BCUT2D eigenvalue weighted by atomic mass is 35.5. The smallest absolute Gasteiger partial charge is 0.251 e. The normalized spacial score (nSPS) is 11.4. The van der Waals surface area contributed by atoms with Crippen molar-refractivity contribution in [1.82, 2.24) is 10.0 Å². The fourth-order valence-electron chi connectivity index (χ4n) is 1.59. The van der Waals surface area contributed by atoms with E-state index in [1.807, 2.05) is 0 Å². The molecule has 2 aromatic rings. The monoisotopic (exact) mass is 378 g/mol. The molecule has 0 radical (unpaired) electrons. The molecule has 0 aliphatic carbocycles. The van der Waals surface area contributed by atoms with Gasteiger partial charge in [-0.3, -0.25) is 4.79 Å². The fourth-order valence-corrected chi connectivity index (χ4v) is 3.96. The summed E-state index contributed by atoms with van der Waals surface area (Å²) in [6.07, 6.45) is 0. The molecule has 0 spiro atoms. The summed E-state index contributed by atoms with van der Waals surface area (Å²) in [4.78, 5) is 11.9. The van der Waals surface area contributed by atoms with Gasteiger partial charge in [0.05, 0.1) is 10.0 Å². The van der Waals surface area contributed by atoms with Crippen LogP contribution in [0.25, 0.3) is 0 Å². The average Bonchev–Trinajstić information content (AvgIpc) is 3.01. The molecule has 2 N–H and O–H groups in total. The van der Waals surface area contributed by atoms with Crippen molar-refractivity contribution in [2.75, 3.05) is 13.1 Å². The average molecular weight is 379 g/mol. The summed E-state index contributed by atoms with van der Waals surface area (Å²) < 4.78 is 26.3. The zero-order valence-electron chi connectivity index (χ0n) is 11.2. The number of carbonyl (C=O) groups excluding carboxylic acids is 1. The van der Waals surface area contributed by atoms with Crippen LogP contribution in [0.5, 0.6) is 0 Å². The Morgan fingerprint density at radius 2 is 1.91 bits per heavy atom. The molecule has 9 heteroatoms. The number of amides is 1. The van der Waals surface area contributed by atoms with E-state index in [9.17, 15) is 13.2 Å². The Balaban J connectivity index is 1.84. The Kier molecular flexibility index (Phi) is 5.82. The van der Waals surface area contributed by atoms with Crippen molar-refractivity contribution in [3.8, 4) is 0 Å². The molecular weight excluding hydrogens is 367 g/mol. The van der Waals surface area contributed by atoms with Gasteiger partial charge in [0.2, 0.25) is 10.0 Å². The highest BCUT2D eigenvalue weighted by molar-refractivity contribution is 7.91. The minimum atomic E-state index is -3.51. The van der Waals surface area contributed by atoms with Crippen LogP contribution in [-0.4, -0.2) is 27.4 Å². The number of hydrogen-bond acceptors (Lipinski definition) is 4. The SMILES string of the molecule is O=C(NCCNS(=O)(=O)c1cccs1)c1ccc(Cl)c(Cl)c1. The van der Waals surface area contributed by atoms with E-state index in [4.69, 9.17) is 23.2 Å². The van der Waals surface area contributed by atoms with Gasteiger partial charge in [0.25, 0.3) is 5.91 Å². The molecule has 0 fully saturated rings. The van der Waals surface area contributed by atoms with Crippen LogP contribution < -0.4 is 10.0 Å². The highest BCUT2D eigenvalue weighted by Crippen LogP contribution is 2.22. The molecule has 5 nitrogen and oxygen atoms in total. The van der Waals surface area contributed by atoms with Gasteiger partial charge in [0.1, 0.15) is 4.21 Å². The van der Waals surface area contributed by atoms with Gasteiger partial charge in [-0.05, 0) is 29.6 Å². The fraction of sp³-hybridized carbons (Fsp3) is 0.154. The van der Waals surface area contributed by atoms with E-state index in [-0.39, 0.29) is 28.2 Å². The molecule has 1 aromatic carbocycles. The van der Waals surface area contributed by atoms with E-state index in [0.717, 1.165) is 11.3 Å². The zero-order valence-corrected chi connectivity index (χ0v) is 14.3. The van der Waals surface area contributed by atoms with Crippen molar-refractivity contribution in [2.24, 2.45) is 0 Å². The van der Waals surface area contributed by atoms with Crippen molar-refractivity contribution in [2.45, 2.75) is 4.21 Å². The minimum absolute atomic E-state index is 0.0906. The van der Waals surface area contributed by atoms with E-state index < -0.39 is 10.0 Å². The molecular formula is C13H12Cl2N2O3S2. The van der Waals surface area contributed by atoms with Crippen LogP contribution in [-0.2, 0) is 10.0 Å². The maximum atomic E-state index is 11.9. The Labute approximate surface area is 142 Å². The number of rotatable bonds is 6. The number of carbonyl (C=O) groups is 1. The van der Waals surface area contributed by atoms with Gasteiger partial charge in [-0.15, -0.1) is 11.3 Å². The molecule has 1 heterocycles. The summed E-state index contributed by atoms with van der Waals surface area (Å²) in [5.74, 6) is -0.353. The van der Waals surface area contributed by atoms with Gasteiger partial charge in [-0.1, -0.05) is 29.3 Å². The molecule has 1 aromatic heterocycles. The topological polar surface area (TPSA) is 75.3 Å². The summed E-state index contributed by atoms with van der Waals surface area (Å²) >= 11 is 12.7. The number of sulfonamides is 1. The highest BCUT2D eigenvalue weighted by Gasteiger charge is 2.14. The molecule has 22 heavy (non-hydrogen) atoms. The zero-order chi connectivity index (χ0) is 16.2. The van der Waals surface area contributed by atoms with Crippen molar-refractivity contribution >= 4 is 50.5 Å². The number of hydrogen-bond donors (Lipinski definition) is 2. The maximum Gasteiger partial charge on any atom is 0.251 e. The lowest BCUT2D eigenvalue weighted by Gasteiger charge is -2.07. The lowest BCUT2D eigenvalue weighted by molar-refractivity contribution is 0.0954. The second-order valence-corrected chi connectivity index (χ2v) is 7.97. The Bertz CT molecular complexity index is 762. The van der Waals surface area contributed by atoms with Gasteiger partial charge >= 0.3 is 0 Å². The summed E-state index contributed by atoms with van der Waals surface area (Å²) in [5.41, 5.74) is 0.357. The van der Waals surface area contributed by atoms with Crippen LogP contribution in [0.1, 0.15) is 10.4 Å². The number of nitrogens with one attached hydrogen (secondary N) is 2. The quantitative estimate of drug-likeness (QED) is 0.758. The molecule has 0 atom stereocenters. The van der Waals surface area contributed by atoms with Gasteiger partial charge in [-0.2, -0.15) is 0 Å². The molecule has 0 aliphatic rings. The van der Waals surface area contributed by atoms with E-state index in [1.54, 1.807) is 17.5 Å². The first kappa shape index (κ1) is 17.2. The van der Waals surface area contributed by atoms with E-state index in [2.05, 4.69) is 10.0 Å². The number of benzene rings is 1. The van der Waals surface area contributed by atoms with Crippen LogP contribution in [0.15, 0.2) is 39.9 Å². The van der Waals surface area contributed by atoms with Crippen molar-refractivity contribution in [3.05, 3.63) is 51.3 Å². The lowest BCUT2D eigenvalue weighted by atomic mass is 10.2. The first-order valence-corrected chi connectivity index (χ1v) is 9.28. The molecule has 0 unspecified atom stereocenters. The lowest BCUT2D eigenvalue weighted by Crippen LogP contribution is -2.34. The third-order valence-corrected chi connectivity index (χ3v) is 6.24. The van der Waals surface area contributed by atoms with Crippen molar-refractivity contribution in [3.63, 3.8) is 0 Å². The molecule has 0 aliphatic heterocycles. The number of thiophene rings is 1. The van der Waals surface area contributed by atoms with Crippen molar-refractivity contribution in [1.29, 1.82) is 0 Å². The molecule has 0 bridgehead atoms. The molecule has 118 valence electrons. The Morgan fingerprint density at radius 3 is 2.55 bits per heavy atom. The molecule has 2 rings (SSSR count). The van der Waals surface area contributed by atoms with Crippen LogP contribution in [0, 0.1) is 0 Å². The summed E-state index contributed by atoms with van der Waals surface area (Å²) in [6.45, 7) is 0.247. The van der Waals surface area contributed by atoms with Crippen LogP contribution in [0.4, 0.5) is 0 Å². The first-order valence-electron chi connectivity index (χ1n) is 6.16. The third kappa shape index (κ3) is 4.44. The van der Waals surface area contributed by atoms with Gasteiger partial charge in [-0.25, -0.2) is 13.1 Å². The summed E-state index contributed by atoms with van der Waals surface area (Å²) in [6, 6.07) is 7.69. The molecule has 1 amide bonds. The first-order chi connectivity index (χ1) is 10.4. The third-order valence-electron chi connectivity index (χ3n) is 2.64. The maximum absolute atomic E-state index is 11.9. The standard InChI is InChI=1S/C13H12Cl2N2O3S2/c14-10-4-3-9(8-11(10)15)13(18)16-5-6-17-22(19,20)12-2-1-7-21-12/h1-4,7-8,17H,5-6H2,(H,16,18). The van der Waals surface area contributed by atoms with E-state index in [0.29, 0.717) is 10.6 Å². The summed E-state index contributed by atoms with van der Waals surface area (Å²) in [5, 5.41) is 4.93. The summed E-state index contributed by atoms with van der Waals surface area (Å²) in [7, 11) is -3.51. The van der Waals surface area contributed by atoms with E-state index >= 15 is 0 Å². The predicted octanol–water partition coefficient (Wildman–Crippen LogP) is 2.76. The second kappa shape index (κ2) is 7.43. The van der Waals surface area contributed by atoms with Gasteiger partial charge in [0, 0.05) is 18.7 Å². The van der Waals surface area contributed by atoms with Crippen LogP contribution >= 0.6 is 34.5 Å². The Morgan fingerprint density at radius 1 is 1.14 bits per heavy atom. The van der Waals surface area contributed by atoms with Gasteiger partial charge in [0.15, 0.2) is 0 Å². The molecule has 0 saturated heterocycles.